The van der Waals surface area contributed by atoms with Gasteiger partial charge in [0, 0.05) is 6.54 Å². The molecule has 0 fully saturated rings. The molecule has 3 atom stereocenters. The van der Waals surface area contributed by atoms with Crippen molar-refractivity contribution >= 4 is 17.3 Å². The van der Waals surface area contributed by atoms with Gasteiger partial charge in [-0.1, -0.05) is 42.5 Å². The first kappa shape index (κ1) is 14.1. The molecule has 2 aromatic rings. The molecule has 0 unspecified atom stereocenters. The van der Waals surface area contributed by atoms with Crippen LogP contribution in [0.25, 0.3) is 0 Å². The standard InChI is InChI=1S/C19H21N3O/c1-3-22-15-12-8-7-11-14(15)20-18-17(22)16(19(21-18)23-2)13-9-5-4-6-10-13/h4-12,16-18,20H,3H2,1-2H3/t16-,17+,18-/m1/s1. The minimum atomic E-state index is 0.0185. The van der Waals surface area contributed by atoms with Crippen LogP contribution >= 0.6 is 0 Å². The maximum Gasteiger partial charge on any atom is 0.195 e. The minimum Gasteiger partial charge on any atom is -0.484 e. The van der Waals surface area contributed by atoms with E-state index in [0.717, 1.165) is 18.1 Å². The maximum absolute atomic E-state index is 5.65. The highest BCUT2D eigenvalue weighted by Gasteiger charge is 2.46. The molecule has 0 spiro atoms. The quantitative estimate of drug-likeness (QED) is 0.923. The highest BCUT2D eigenvalue weighted by Crippen LogP contribution is 2.43. The maximum atomic E-state index is 5.65. The Kier molecular flexibility index (Phi) is 3.45. The van der Waals surface area contributed by atoms with Crippen LogP contribution in [0.4, 0.5) is 11.4 Å². The van der Waals surface area contributed by atoms with Crippen LogP contribution in [0.1, 0.15) is 18.4 Å². The summed E-state index contributed by atoms with van der Waals surface area (Å²) < 4.78 is 5.65. The van der Waals surface area contributed by atoms with Gasteiger partial charge in [-0.05, 0) is 24.6 Å². The number of nitrogens with one attached hydrogen (secondary N) is 1. The largest absolute Gasteiger partial charge is 0.484 e. The monoisotopic (exact) mass is 307 g/mol. The Balaban J connectivity index is 1.81. The number of rotatable bonds is 2. The second kappa shape index (κ2) is 5.61. The van der Waals surface area contributed by atoms with E-state index in [1.165, 1.54) is 11.3 Å². The predicted molar refractivity (Wildman–Crippen MR) is 94.3 cm³/mol. The molecule has 4 heteroatoms. The van der Waals surface area contributed by atoms with Gasteiger partial charge in [0.05, 0.1) is 30.4 Å². The molecule has 1 N–H and O–H groups in total. The summed E-state index contributed by atoms with van der Waals surface area (Å²) in [5.74, 6) is 0.956. The van der Waals surface area contributed by atoms with E-state index in [2.05, 4.69) is 65.7 Å². The summed E-state index contributed by atoms with van der Waals surface area (Å²) in [6.07, 6.45) is 0.0185. The molecule has 0 aliphatic carbocycles. The lowest BCUT2D eigenvalue weighted by Crippen LogP contribution is -2.51. The van der Waals surface area contributed by atoms with Gasteiger partial charge in [-0.25, -0.2) is 4.99 Å². The van der Waals surface area contributed by atoms with Crippen molar-refractivity contribution in [1.29, 1.82) is 0 Å². The lowest BCUT2D eigenvalue weighted by molar-refractivity contribution is 0.382. The highest BCUT2D eigenvalue weighted by molar-refractivity contribution is 5.90. The first-order valence-corrected chi connectivity index (χ1v) is 8.12. The van der Waals surface area contributed by atoms with Crippen LogP contribution in [0.5, 0.6) is 0 Å². The van der Waals surface area contributed by atoms with Crippen LogP contribution in [-0.2, 0) is 4.74 Å². The van der Waals surface area contributed by atoms with Crippen LogP contribution in [0.15, 0.2) is 59.6 Å². The molecule has 0 amide bonds. The molecule has 118 valence electrons. The van der Waals surface area contributed by atoms with Crippen molar-refractivity contribution in [1.82, 2.24) is 0 Å². The molecule has 4 rings (SSSR count). The fourth-order valence-corrected chi connectivity index (χ4v) is 3.82. The van der Waals surface area contributed by atoms with Crippen LogP contribution < -0.4 is 10.2 Å². The Morgan fingerprint density at radius 2 is 1.83 bits per heavy atom. The number of likely N-dealkylation sites (N-methyl/N-ethyl adjacent to an activating group) is 1. The van der Waals surface area contributed by atoms with E-state index in [0.29, 0.717) is 0 Å². The van der Waals surface area contributed by atoms with Crippen LogP contribution in [0.2, 0.25) is 0 Å². The van der Waals surface area contributed by atoms with E-state index in [4.69, 9.17) is 9.73 Å². The molecule has 0 aromatic heterocycles. The van der Waals surface area contributed by atoms with Crippen molar-refractivity contribution in [3.05, 3.63) is 60.2 Å². The second-order valence-electron chi connectivity index (χ2n) is 5.94. The van der Waals surface area contributed by atoms with Crippen molar-refractivity contribution < 1.29 is 4.74 Å². The third-order valence-electron chi connectivity index (χ3n) is 4.78. The third kappa shape index (κ3) is 2.17. The Morgan fingerprint density at radius 3 is 2.57 bits per heavy atom. The van der Waals surface area contributed by atoms with Crippen molar-refractivity contribution in [3.63, 3.8) is 0 Å². The number of benzene rings is 2. The van der Waals surface area contributed by atoms with Gasteiger partial charge in [-0.3, -0.25) is 0 Å². The first-order valence-electron chi connectivity index (χ1n) is 8.12. The summed E-state index contributed by atoms with van der Waals surface area (Å²) >= 11 is 0. The first-order chi connectivity index (χ1) is 11.3. The molecule has 0 radical (unpaired) electrons. The zero-order valence-corrected chi connectivity index (χ0v) is 13.4. The Morgan fingerprint density at radius 1 is 1.09 bits per heavy atom. The molecular weight excluding hydrogens is 286 g/mol. The van der Waals surface area contributed by atoms with Crippen molar-refractivity contribution in [3.8, 4) is 0 Å². The van der Waals surface area contributed by atoms with Gasteiger partial charge in [0.25, 0.3) is 0 Å². The van der Waals surface area contributed by atoms with Gasteiger partial charge in [-0.2, -0.15) is 0 Å². The minimum absolute atomic E-state index is 0.0185. The summed E-state index contributed by atoms with van der Waals surface area (Å²) in [5.41, 5.74) is 3.63. The van der Waals surface area contributed by atoms with E-state index in [9.17, 15) is 0 Å². The number of methoxy groups -OCH3 is 1. The third-order valence-corrected chi connectivity index (χ3v) is 4.78. The Labute approximate surface area is 136 Å². The van der Waals surface area contributed by atoms with Crippen LogP contribution in [0.3, 0.4) is 0 Å². The molecule has 0 saturated carbocycles. The van der Waals surface area contributed by atoms with Gasteiger partial charge in [0.15, 0.2) is 5.90 Å². The molecule has 2 aromatic carbocycles. The highest BCUT2D eigenvalue weighted by atomic mass is 16.5. The number of hydrogen-bond donors (Lipinski definition) is 1. The zero-order valence-electron chi connectivity index (χ0n) is 13.4. The summed E-state index contributed by atoms with van der Waals surface area (Å²) in [7, 11) is 1.72. The van der Waals surface area contributed by atoms with E-state index < -0.39 is 0 Å². The number of ether oxygens (including phenoxy) is 1. The lowest BCUT2D eigenvalue weighted by atomic mass is 9.89. The molecule has 2 heterocycles. The molecule has 4 nitrogen and oxygen atoms in total. The summed E-state index contributed by atoms with van der Waals surface area (Å²) in [6, 6.07) is 19.2. The number of fused-ring (bicyclic) bond motifs is 2. The molecule has 23 heavy (non-hydrogen) atoms. The second-order valence-corrected chi connectivity index (χ2v) is 5.94. The fourth-order valence-electron chi connectivity index (χ4n) is 3.82. The number of aliphatic imine (C=N–C) groups is 1. The zero-order chi connectivity index (χ0) is 15.8. The van der Waals surface area contributed by atoms with E-state index in [1.54, 1.807) is 7.11 Å². The van der Waals surface area contributed by atoms with E-state index >= 15 is 0 Å². The normalized spacial score (nSPS) is 25.2. The SMILES string of the molecule is CCN1c2ccccc2N[C@@H]2N=C(OC)[C@H](c3ccccc3)[C@@H]21. The summed E-state index contributed by atoms with van der Waals surface area (Å²) in [5, 5.41) is 3.58. The summed E-state index contributed by atoms with van der Waals surface area (Å²) in [6.45, 7) is 3.14. The van der Waals surface area contributed by atoms with Crippen molar-refractivity contribution in [2.24, 2.45) is 4.99 Å². The Hall–Kier alpha value is -2.49. The van der Waals surface area contributed by atoms with Crippen LogP contribution in [0, 0.1) is 0 Å². The van der Waals surface area contributed by atoms with Crippen molar-refractivity contribution in [2.75, 3.05) is 23.9 Å². The average molecular weight is 307 g/mol. The van der Waals surface area contributed by atoms with Gasteiger partial charge < -0.3 is 15.0 Å². The smallest absolute Gasteiger partial charge is 0.195 e. The topological polar surface area (TPSA) is 36.9 Å². The molecule has 2 aliphatic heterocycles. The van der Waals surface area contributed by atoms with Crippen LogP contribution in [-0.4, -0.2) is 31.8 Å². The number of nitrogens with zero attached hydrogens (tertiary/aromatic N) is 2. The van der Waals surface area contributed by atoms with Gasteiger partial charge in [0.1, 0.15) is 6.17 Å². The molecular formula is C19H21N3O. The van der Waals surface area contributed by atoms with Crippen molar-refractivity contribution in [2.45, 2.75) is 25.0 Å². The number of anilines is 2. The predicted octanol–water partition coefficient (Wildman–Crippen LogP) is 3.48. The van der Waals surface area contributed by atoms with E-state index in [-0.39, 0.29) is 18.1 Å². The average Bonchev–Trinajstić information content (AvgIpc) is 2.98. The molecule has 0 bridgehead atoms. The molecule has 2 aliphatic rings. The summed E-state index contributed by atoms with van der Waals surface area (Å²) in [4.78, 5) is 7.27. The van der Waals surface area contributed by atoms with Gasteiger partial charge in [-0.15, -0.1) is 0 Å². The fraction of sp³-hybridized carbons (Fsp3) is 0.316. The lowest BCUT2D eigenvalue weighted by Gasteiger charge is -2.42. The Bertz CT molecular complexity index is 728. The van der Waals surface area contributed by atoms with E-state index in [1.807, 2.05) is 6.07 Å². The molecule has 0 saturated heterocycles. The number of para-hydroxylation sites is 2. The van der Waals surface area contributed by atoms with Gasteiger partial charge in [0.2, 0.25) is 0 Å². The van der Waals surface area contributed by atoms with Gasteiger partial charge >= 0.3 is 0 Å². The number of hydrogen-bond acceptors (Lipinski definition) is 4.